The fourth-order valence-corrected chi connectivity index (χ4v) is 7.11. The van der Waals surface area contributed by atoms with E-state index in [0.29, 0.717) is 50.4 Å². The van der Waals surface area contributed by atoms with E-state index in [4.69, 9.17) is 21.3 Å². The molecule has 1 aliphatic heterocycles. The molecule has 1 saturated heterocycles. The number of aryl methyl sites for hydroxylation is 1. The number of nitrogens with zero attached hydrogens (tertiary/aromatic N) is 2. The molecule has 2 heterocycles. The second-order valence-electron chi connectivity index (χ2n) is 11.7. The van der Waals surface area contributed by atoms with Gasteiger partial charge in [-0.15, -0.1) is 0 Å². The normalized spacial score (nSPS) is 22.5. The highest BCUT2D eigenvalue weighted by Gasteiger charge is 2.59. The van der Waals surface area contributed by atoms with Crippen molar-refractivity contribution in [3.05, 3.63) is 107 Å². The number of ketones is 1. The maximum atomic E-state index is 13.7. The first-order chi connectivity index (χ1) is 21.3. The number of halogens is 1. The Morgan fingerprint density at radius 2 is 1.61 bits per heavy atom. The summed E-state index contributed by atoms with van der Waals surface area (Å²) in [5.41, 5.74) is 3.65. The minimum absolute atomic E-state index is 0.135. The topological polar surface area (TPSA) is 93.6 Å². The zero-order valence-corrected chi connectivity index (χ0v) is 25.0. The Morgan fingerprint density at radius 3 is 2.25 bits per heavy atom. The Balaban J connectivity index is 1.22. The smallest absolute Gasteiger partial charge is 0.339 e. The Hall–Kier alpha value is -4.62. The summed E-state index contributed by atoms with van der Waals surface area (Å²) in [5, 5.41) is 1.06. The van der Waals surface area contributed by atoms with Gasteiger partial charge < -0.3 is 4.74 Å². The summed E-state index contributed by atoms with van der Waals surface area (Å²) in [5.74, 6) is -1.47. The number of aromatic nitrogens is 1. The fourth-order valence-electron chi connectivity index (χ4n) is 6.96. The SMILES string of the molecule is CCC(OC(=O)c1cc(-c2ccc(N3C(=O)C4C5C=CC(C5)C4C3=O)cc2)nc2c(C)c(Cl)ccc12)C(=O)c1ccccc1. The second-order valence-corrected chi connectivity index (χ2v) is 12.1. The largest absolute Gasteiger partial charge is 0.450 e. The molecule has 1 aromatic heterocycles. The van der Waals surface area contributed by atoms with Gasteiger partial charge in [-0.05, 0) is 61.4 Å². The average molecular weight is 605 g/mol. The summed E-state index contributed by atoms with van der Waals surface area (Å²) in [4.78, 5) is 59.6. The minimum Gasteiger partial charge on any atom is -0.450 e. The summed E-state index contributed by atoms with van der Waals surface area (Å²) in [6.45, 7) is 3.63. The first-order valence-corrected chi connectivity index (χ1v) is 15.2. The van der Waals surface area contributed by atoms with E-state index >= 15 is 0 Å². The van der Waals surface area contributed by atoms with Crippen LogP contribution < -0.4 is 4.90 Å². The number of imide groups is 1. The van der Waals surface area contributed by atoms with Gasteiger partial charge in [-0.3, -0.25) is 19.3 Å². The van der Waals surface area contributed by atoms with Gasteiger partial charge in [-0.2, -0.15) is 0 Å². The molecule has 5 unspecified atom stereocenters. The molecule has 7 nitrogen and oxygen atoms in total. The number of hydrogen-bond donors (Lipinski definition) is 0. The molecule has 2 fully saturated rings. The van der Waals surface area contributed by atoms with E-state index in [2.05, 4.69) is 12.2 Å². The van der Waals surface area contributed by atoms with Crippen LogP contribution in [0.4, 0.5) is 5.69 Å². The number of pyridine rings is 1. The van der Waals surface area contributed by atoms with Crippen molar-refractivity contribution in [2.45, 2.75) is 32.8 Å². The molecule has 7 rings (SSSR count). The number of fused-ring (bicyclic) bond motifs is 6. The van der Waals surface area contributed by atoms with Gasteiger partial charge in [0.15, 0.2) is 6.10 Å². The number of esters is 1. The lowest BCUT2D eigenvalue weighted by Gasteiger charge is -2.18. The van der Waals surface area contributed by atoms with Gasteiger partial charge in [-0.1, -0.05) is 79.2 Å². The number of allylic oxidation sites excluding steroid dienone is 2. The van der Waals surface area contributed by atoms with Crippen molar-refractivity contribution in [2.24, 2.45) is 23.7 Å². The number of amides is 2. The predicted octanol–water partition coefficient (Wildman–Crippen LogP) is 6.99. The summed E-state index contributed by atoms with van der Waals surface area (Å²) >= 11 is 6.45. The molecular formula is C36H29ClN2O5. The molecule has 220 valence electrons. The number of anilines is 1. The maximum absolute atomic E-state index is 13.7. The van der Waals surface area contributed by atoms with Crippen molar-refractivity contribution in [2.75, 3.05) is 4.90 Å². The molecule has 8 heteroatoms. The first-order valence-electron chi connectivity index (χ1n) is 14.8. The molecule has 2 bridgehead atoms. The monoisotopic (exact) mass is 604 g/mol. The Bertz CT molecular complexity index is 1850. The summed E-state index contributed by atoms with van der Waals surface area (Å²) in [6, 6.07) is 20.9. The average Bonchev–Trinajstić information content (AvgIpc) is 3.74. The van der Waals surface area contributed by atoms with Crippen LogP contribution in [-0.2, 0) is 14.3 Å². The Kier molecular flexibility index (Phi) is 6.93. The predicted molar refractivity (Wildman–Crippen MR) is 167 cm³/mol. The van der Waals surface area contributed by atoms with Crippen LogP contribution in [0.3, 0.4) is 0 Å². The number of benzene rings is 3. The summed E-state index contributed by atoms with van der Waals surface area (Å²) in [7, 11) is 0. The van der Waals surface area contributed by atoms with Crippen molar-refractivity contribution in [1.82, 2.24) is 4.98 Å². The third-order valence-electron chi connectivity index (χ3n) is 9.25. The van der Waals surface area contributed by atoms with Crippen molar-refractivity contribution >= 4 is 51.8 Å². The molecule has 2 amide bonds. The van der Waals surface area contributed by atoms with Crippen molar-refractivity contribution in [3.63, 3.8) is 0 Å². The lowest BCUT2D eigenvalue weighted by Crippen LogP contribution is -2.32. The number of carbonyl (C=O) groups is 4. The van der Waals surface area contributed by atoms with Gasteiger partial charge in [0.25, 0.3) is 0 Å². The van der Waals surface area contributed by atoms with Gasteiger partial charge in [-0.25, -0.2) is 9.78 Å². The van der Waals surface area contributed by atoms with E-state index in [-0.39, 0.29) is 46.8 Å². The molecule has 5 atom stereocenters. The lowest BCUT2D eigenvalue weighted by molar-refractivity contribution is -0.123. The summed E-state index contributed by atoms with van der Waals surface area (Å²) in [6.07, 6.45) is 4.39. The number of hydrogen-bond acceptors (Lipinski definition) is 6. The van der Waals surface area contributed by atoms with Gasteiger partial charge >= 0.3 is 5.97 Å². The standard InChI is InChI=1S/C36H29ClN2O5/c1-3-29(33(40)21-7-5-4-6-8-21)44-36(43)26-18-28(38-32-19(2)27(37)16-15-25(26)32)20-11-13-24(14-12-20)39-34(41)30-22-9-10-23(17-22)31(30)35(39)42/h4-16,18,22-23,29-31H,3,17H2,1-2H3. The highest BCUT2D eigenvalue weighted by Crippen LogP contribution is 2.53. The molecular weight excluding hydrogens is 576 g/mol. The molecule has 3 aromatic carbocycles. The number of Topliss-reactive ketones (excluding diaryl/α,β-unsaturated/α-hetero) is 1. The third-order valence-corrected chi connectivity index (χ3v) is 9.66. The van der Waals surface area contributed by atoms with E-state index in [1.807, 2.05) is 13.0 Å². The van der Waals surface area contributed by atoms with Crippen molar-refractivity contribution < 1.29 is 23.9 Å². The Labute approximate surface area is 259 Å². The molecule has 3 aliphatic rings. The van der Waals surface area contributed by atoms with Crippen molar-refractivity contribution in [3.8, 4) is 11.3 Å². The molecule has 0 spiro atoms. The van der Waals surface area contributed by atoms with E-state index in [0.717, 1.165) is 6.42 Å². The van der Waals surface area contributed by atoms with Crippen LogP contribution in [0, 0.1) is 30.6 Å². The number of ether oxygens (including phenoxy) is 1. The molecule has 2 aliphatic carbocycles. The molecule has 44 heavy (non-hydrogen) atoms. The van der Waals surface area contributed by atoms with Gasteiger partial charge in [0, 0.05) is 21.5 Å². The first kappa shape index (κ1) is 28.2. The van der Waals surface area contributed by atoms with Crippen LogP contribution in [0.15, 0.2) is 84.9 Å². The molecule has 0 radical (unpaired) electrons. The minimum atomic E-state index is -0.954. The van der Waals surface area contributed by atoms with Gasteiger partial charge in [0.1, 0.15) is 0 Å². The highest BCUT2D eigenvalue weighted by molar-refractivity contribution is 6.32. The van der Waals surface area contributed by atoms with E-state index in [9.17, 15) is 19.2 Å². The van der Waals surface area contributed by atoms with Crippen LogP contribution in [0.25, 0.3) is 22.2 Å². The van der Waals surface area contributed by atoms with E-state index in [1.54, 1.807) is 73.7 Å². The van der Waals surface area contributed by atoms with Gasteiger partial charge in [0.05, 0.1) is 34.3 Å². The fraction of sp³-hybridized carbons (Fsp3) is 0.250. The van der Waals surface area contributed by atoms with Crippen LogP contribution in [0.5, 0.6) is 0 Å². The highest BCUT2D eigenvalue weighted by atomic mass is 35.5. The summed E-state index contributed by atoms with van der Waals surface area (Å²) < 4.78 is 5.80. The number of carbonyl (C=O) groups excluding carboxylic acids is 4. The third kappa shape index (κ3) is 4.46. The quantitative estimate of drug-likeness (QED) is 0.0976. The lowest BCUT2D eigenvalue weighted by atomic mass is 9.85. The van der Waals surface area contributed by atoms with Crippen LogP contribution in [-0.4, -0.2) is 34.7 Å². The number of rotatable bonds is 7. The van der Waals surface area contributed by atoms with Gasteiger partial charge in [0.2, 0.25) is 17.6 Å². The zero-order valence-electron chi connectivity index (χ0n) is 24.2. The van der Waals surface area contributed by atoms with E-state index < -0.39 is 12.1 Å². The van der Waals surface area contributed by atoms with Crippen LogP contribution in [0.2, 0.25) is 5.02 Å². The molecule has 0 N–H and O–H groups in total. The Morgan fingerprint density at radius 1 is 0.955 bits per heavy atom. The molecule has 1 saturated carbocycles. The molecule has 4 aromatic rings. The van der Waals surface area contributed by atoms with E-state index in [1.165, 1.54) is 4.90 Å². The van der Waals surface area contributed by atoms with Crippen LogP contribution >= 0.6 is 11.6 Å². The second kappa shape index (κ2) is 10.8. The van der Waals surface area contributed by atoms with Crippen LogP contribution in [0.1, 0.15) is 46.0 Å². The zero-order chi connectivity index (χ0) is 30.7. The van der Waals surface area contributed by atoms with Crippen molar-refractivity contribution in [1.29, 1.82) is 0 Å². The maximum Gasteiger partial charge on any atom is 0.339 e.